The molecule has 0 aliphatic carbocycles. The predicted molar refractivity (Wildman–Crippen MR) is 124 cm³/mol. The van der Waals surface area contributed by atoms with Crippen LogP contribution in [0, 0.1) is 13.8 Å². The normalized spacial score (nSPS) is 16.8. The molecule has 5 rings (SSSR count). The first-order chi connectivity index (χ1) is 16.4. The van der Waals surface area contributed by atoms with Crippen molar-refractivity contribution in [2.75, 3.05) is 13.3 Å². The molecule has 0 spiro atoms. The molecule has 2 aromatic carbocycles. The number of hydrogen-bond donors (Lipinski definition) is 1. The molecule has 1 aromatic heterocycles. The van der Waals surface area contributed by atoms with E-state index in [1.165, 1.54) is 0 Å². The number of ketones is 1. The van der Waals surface area contributed by atoms with Crippen molar-refractivity contribution >= 4 is 17.7 Å². The molecule has 34 heavy (non-hydrogen) atoms. The summed E-state index contributed by atoms with van der Waals surface area (Å²) in [6, 6.07) is 16.0. The van der Waals surface area contributed by atoms with Crippen LogP contribution in [0.5, 0.6) is 11.5 Å². The number of carbonyl (C=O) groups is 3. The van der Waals surface area contributed by atoms with Gasteiger partial charge in [-0.2, -0.15) is 0 Å². The van der Waals surface area contributed by atoms with Crippen molar-refractivity contribution in [2.45, 2.75) is 32.7 Å². The Balaban J connectivity index is 1.30. The number of ether oxygens (including phenoxy) is 2. The van der Waals surface area contributed by atoms with Crippen molar-refractivity contribution in [3.8, 4) is 17.2 Å². The summed E-state index contributed by atoms with van der Waals surface area (Å²) in [4.78, 5) is 39.5. The minimum atomic E-state index is -0.624. The van der Waals surface area contributed by atoms with Gasteiger partial charge in [-0.1, -0.05) is 30.3 Å². The highest BCUT2D eigenvalue weighted by Gasteiger charge is 2.39. The number of carbonyl (C=O) groups excluding carboxylic acids is 3. The summed E-state index contributed by atoms with van der Waals surface area (Å²) in [5.74, 6) is 0.688. The van der Waals surface area contributed by atoms with Crippen LogP contribution < -0.4 is 14.8 Å². The van der Waals surface area contributed by atoms with Crippen LogP contribution in [0.4, 0.5) is 4.79 Å². The molecule has 0 bridgehead atoms. The molecule has 3 aromatic rings. The minimum absolute atomic E-state index is 0.185. The first-order valence-electron chi connectivity index (χ1n) is 11.2. The van der Waals surface area contributed by atoms with Gasteiger partial charge in [0.25, 0.3) is 5.91 Å². The highest BCUT2D eigenvalue weighted by atomic mass is 16.7. The van der Waals surface area contributed by atoms with Crippen molar-refractivity contribution < 1.29 is 23.9 Å². The lowest BCUT2D eigenvalue weighted by Gasteiger charge is -2.13. The molecule has 8 heteroatoms. The fourth-order valence-corrected chi connectivity index (χ4v) is 4.57. The van der Waals surface area contributed by atoms with Gasteiger partial charge >= 0.3 is 6.03 Å². The second-order valence-electron chi connectivity index (χ2n) is 8.53. The van der Waals surface area contributed by atoms with Crippen LogP contribution in [0.15, 0.2) is 54.6 Å². The zero-order chi connectivity index (χ0) is 23.8. The molecule has 3 heterocycles. The Morgan fingerprint density at radius 2 is 1.79 bits per heavy atom. The van der Waals surface area contributed by atoms with E-state index in [-0.39, 0.29) is 25.0 Å². The Hall–Kier alpha value is -4.07. The average molecular weight is 460 g/mol. The summed E-state index contributed by atoms with van der Waals surface area (Å²) in [5.41, 5.74) is 4.00. The molecule has 0 radical (unpaired) electrons. The zero-order valence-corrected chi connectivity index (χ0v) is 19.0. The number of hydrogen-bond acceptors (Lipinski definition) is 5. The van der Waals surface area contributed by atoms with E-state index in [4.69, 9.17) is 9.47 Å². The Morgan fingerprint density at radius 1 is 1.03 bits per heavy atom. The Morgan fingerprint density at radius 3 is 2.59 bits per heavy atom. The fourth-order valence-electron chi connectivity index (χ4n) is 4.57. The van der Waals surface area contributed by atoms with Crippen LogP contribution in [-0.4, -0.2) is 46.6 Å². The van der Waals surface area contributed by atoms with Gasteiger partial charge in [0.1, 0.15) is 6.04 Å². The first kappa shape index (κ1) is 21.8. The van der Waals surface area contributed by atoms with Crippen LogP contribution in [0.1, 0.15) is 33.7 Å². The molecule has 1 atom stereocenters. The van der Waals surface area contributed by atoms with E-state index in [0.717, 1.165) is 27.5 Å². The third-order valence-electron chi connectivity index (χ3n) is 6.32. The van der Waals surface area contributed by atoms with Crippen molar-refractivity contribution in [1.29, 1.82) is 0 Å². The number of aryl methyl sites for hydroxylation is 2. The molecule has 1 N–H and O–H groups in total. The van der Waals surface area contributed by atoms with E-state index in [1.54, 1.807) is 6.07 Å². The molecule has 0 saturated carbocycles. The van der Waals surface area contributed by atoms with Crippen molar-refractivity contribution in [2.24, 2.45) is 0 Å². The number of urea groups is 1. The zero-order valence-electron chi connectivity index (χ0n) is 19.0. The quantitative estimate of drug-likeness (QED) is 0.431. The molecular weight excluding hydrogens is 434 g/mol. The number of imide groups is 1. The molecule has 0 unspecified atom stereocenters. The van der Waals surface area contributed by atoms with E-state index in [2.05, 4.69) is 5.32 Å². The van der Waals surface area contributed by atoms with Gasteiger partial charge in [-0.15, -0.1) is 0 Å². The second-order valence-corrected chi connectivity index (χ2v) is 8.53. The summed E-state index contributed by atoms with van der Waals surface area (Å²) in [6.45, 7) is 3.64. The molecule has 174 valence electrons. The number of rotatable bonds is 7. The van der Waals surface area contributed by atoms with E-state index in [0.29, 0.717) is 29.9 Å². The van der Waals surface area contributed by atoms with Gasteiger partial charge in [0, 0.05) is 28.7 Å². The van der Waals surface area contributed by atoms with E-state index in [9.17, 15) is 14.4 Å². The largest absolute Gasteiger partial charge is 0.454 e. The van der Waals surface area contributed by atoms with Crippen LogP contribution in [0.25, 0.3) is 5.69 Å². The maximum Gasteiger partial charge on any atom is 0.325 e. The summed E-state index contributed by atoms with van der Waals surface area (Å²) < 4.78 is 12.8. The number of benzene rings is 2. The summed E-state index contributed by atoms with van der Waals surface area (Å²) >= 11 is 0. The van der Waals surface area contributed by atoms with Gasteiger partial charge in [0.15, 0.2) is 17.3 Å². The van der Waals surface area contributed by atoms with Crippen LogP contribution in [-0.2, 0) is 11.2 Å². The number of Topliss-reactive ketones (excluding diaryl/α,β-unsaturated/α-hetero) is 1. The lowest BCUT2D eigenvalue weighted by atomic mass is 10.1. The SMILES string of the molecule is Cc1cc(C(=O)CN2C(=O)N[C@@H](CCc3ccccc3)C2=O)c(C)n1-c1ccc2c(c1)OCO2. The third kappa shape index (κ3) is 3.91. The molecule has 3 amide bonds. The fraction of sp³-hybridized carbons (Fsp3) is 0.269. The number of nitrogens with one attached hydrogen (secondary N) is 1. The van der Waals surface area contributed by atoms with Gasteiger partial charge < -0.3 is 19.4 Å². The average Bonchev–Trinajstić information content (AvgIpc) is 3.50. The smallest absolute Gasteiger partial charge is 0.325 e. The molecule has 2 aliphatic rings. The van der Waals surface area contributed by atoms with Crippen LogP contribution in [0.3, 0.4) is 0 Å². The highest BCUT2D eigenvalue weighted by molar-refractivity contribution is 6.09. The number of aromatic nitrogens is 1. The summed E-state index contributed by atoms with van der Waals surface area (Å²) in [7, 11) is 0. The van der Waals surface area contributed by atoms with Crippen molar-refractivity contribution in [3.05, 3.63) is 77.1 Å². The standard InChI is InChI=1S/C26H25N3O5/c1-16-12-20(17(2)29(16)19-9-11-23-24(13-19)34-15-33-23)22(30)14-28-25(31)21(27-26(28)32)10-8-18-6-4-3-5-7-18/h3-7,9,11-13,21H,8,10,14-15H2,1-2H3,(H,27,32)/t21-/m0/s1. The molecule has 8 nitrogen and oxygen atoms in total. The van der Waals surface area contributed by atoms with E-state index < -0.39 is 12.1 Å². The topological polar surface area (TPSA) is 89.9 Å². The molecule has 2 aliphatic heterocycles. The van der Waals surface area contributed by atoms with Gasteiger partial charge in [-0.25, -0.2) is 4.79 Å². The maximum atomic E-state index is 13.2. The summed E-state index contributed by atoms with van der Waals surface area (Å²) in [5, 5.41) is 2.72. The highest BCUT2D eigenvalue weighted by Crippen LogP contribution is 2.35. The first-order valence-corrected chi connectivity index (χ1v) is 11.2. The number of fused-ring (bicyclic) bond motifs is 1. The number of nitrogens with zero attached hydrogens (tertiary/aromatic N) is 2. The number of amides is 3. The lowest BCUT2D eigenvalue weighted by Crippen LogP contribution is -2.36. The monoisotopic (exact) mass is 459 g/mol. The molecule has 1 fully saturated rings. The third-order valence-corrected chi connectivity index (χ3v) is 6.32. The Kier molecular flexibility index (Phi) is 5.57. The van der Waals surface area contributed by atoms with Crippen LogP contribution >= 0.6 is 0 Å². The molecular formula is C26H25N3O5. The van der Waals surface area contributed by atoms with Crippen molar-refractivity contribution in [3.63, 3.8) is 0 Å². The predicted octanol–water partition coefficient (Wildman–Crippen LogP) is 3.56. The maximum absolute atomic E-state index is 13.2. The summed E-state index contributed by atoms with van der Waals surface area (Å²) in [6.07, 6.45) is 1.15. The van der Waals surface area contributed by atoms with Gasteiger partial charge in [-0.05, 0) is 50.5 Å². The lowest BCUT2D eigenvalue weighted by molar-refractivity contribution is -0.127. The Labute approximate surface area is 197 Å². The Bertz CT molecular complexity index is 1280. The van der Waals surface area contributed by atoms with Crippen molar-refractivity contribution in [1.82, 2.24) is 14.8 Å². The minimum Gasteiger partial charge on any atom is -0.454 e. The second kappa shape index (κ2) is 8.70. The van der Waals surface area contributed by atoms with E-state index >= 15 is 0 Å². The van der Waals surface area contributed by atoms with Crippen LogP contribution in [0.2, 0.25) is 0 Å². The van der Waals surface area contributed by atoms with E-state index in [1.807, 2.05) is 66.9 Å². The van der Waals surface area contributed by atoms with Gasteiger partial charge in [-0.3, -0.25) is 14.5 Å². The van der Waals surface area contributed by atoms with Gasteiger partial charge in [0.2, 0.25) is 6.79 Å². The van der Waals surface area contributed by atoms with Gasteiger partial charge in [0.05, 0.1) is 6.54 Å². The molecule has 1 saturated heterocycles.